The lowest BCUT2D eigenvalue weighted by Crippen LogP contribution is -2.16. The summed E-state index contributed by atoms with van der Waals surface area (Å²) in [6.07, 6.45) is 0.971. The van der Waals surface area contributed by atoms with E-state index >= 15 is 0 Å². The number of methoxy groups -OCH3 is 1. The maximum atomic E-state index is 5.88. The number of halogens is 1. The zero-order chi connectivity index (χ0) is 15.2. The predicted octanol–water partition coefficient (Wildman–Crippen LogP) is 3.20. The van der Waals surface area contributed by atoms with E-state index in [2.05, 4.69) is 22.4 Å². The number of thiazole rings is 1. The Kier molecular flexibility index (Phi) is 5.85. The standard InChI is InChI=1S/C15H20ClN3OS/c1-19(2)15-18-14(20-3)13(21-15)10-17-9-8-11-4-6-12(16)7-5-11/h4-7,17H,8-10H2,1-3H3. The summed E-state index contributed by atoms with van der Waals surface area (Å²) in [5.41, 5.74) is 1.28. The third-order valence-electron chi connectivity index (χ3n) is 3.02. The molecule has 0 fully saturated rings. The minimum atomic E-state index is 0.711. The van der Waals surface area contributed by atoms with Crippen molar-refractivity contribution in [2.24, 2.45) is 0 Å². The first-order chi connectivity index (χ1) is 10.1. The van der Waals surface area contributed by atoms with Crippen LogP contribution >= 0.6 is 22.9 Å². The molecule has 1 aromatic heterocycles. The molecular weight excluding hydrogens is 306 g/mol. The number of aromatic nitrogens is 1. The molecule has 0 aliphatic rings. The summed E-state index contributed by atoms with van der Waals surface area (Å²) < 4.78 is 5.32. The second-order valence-corrected chi connectivity index (χ2v) is 6.38. The zero-order valence-electron chi connectivity index (χ0n) is 12.5. The van der Waals surface area contributed by atoms with Gasteiger partial charge in [-0.1, -0.05) is 35.1 Å². The summed E-state index contributed by atoms with van der Waals surface area (Å²) in [6.45, 7) is 1.67. The molecule has 21 heavy (non-hydrogen) atoms. The molecule has 0 unspecified atom stereocenters. The van der Waals surface area contributed by atoms with Gasteiger partial charge in [0.05, 0.1) is 12.0 Å². The average Bonchev–Trinajstić information content (AvgIpc) is 2.89. The molecule has 2 rings (SSSR count). The Morgan fingerprint density at radius 3 is 2.62 bits per heavy atom. The Morgan fingerprint density at radius 1 is 1.29 bits per heavy atom. The quantitative estimate of drug-likeness (QED) is 0.793. The van der Waals surface area contributed by atoms with Gasteiger partial charge in [-0.15, -0.1) is 0 Å². The lowest BCUT2D eigenvalue weighted by atomic mass is 10.1. The van der Waals surface area contributed by atoms with Crippen LogP contribution < -0.4 is 15.0 Å². The van der Waals surface area contributed by atoms with Crippen molar-refractivity contribution in [3.05, 3.63) is 39.7 Å². The molecule has 0 saturated heterocycles. The Labute approximate surface area is 134 Å². The van der Waals surface area contributed by atoms with Crippen LogP contribution in [0, 0.1) is 0 Å². The van der Waals surface area contributed by atoms with Crippen LogP contribution in [0.25, 0.3) is 0 Å². The van der Waals surface area contributed by atoms with Crippen molar-refractivity contribution in [1.82, 2.24) is 10.3 Å². The van der Waals surface area contributed by atoms with Crippen molar-refractivity contribution in [2.45, 2.75) is 13.0 Å². The number of benzene rings is 1. The fraction of sp³-hybridized carbons (Fsp3) is 0.400. The number of ether oxygens (including phenoxy) is 1. The van der Waals surface area contributed by atoms with Gasteiger partial charge >= 0.3 is 0 Å². The molecule has 0 amide bonds. The lowest BCUT2D eigenvalue weighted by Gasteiger charge is -2.05. The van der Waals surface area contributed by atoms with E-state index in [9.17, 15) is 0 Å². The van der Waals surface area contributed by atoms with Gasteiger partial charge in [-0.25, -0.2) is 0 Å². The summed E-state index contributed by atoms with van der Waals surface area (Å²) in [5.74, 6) is 0.711. The van der Waals surface area contributed by atoms with Crippen LogP contribution in [-0.2, 0) is 13.0 Å². The highest BCUT2D eigenvalue weighted by atomic mass is 35.5. The van der Waals surface area contributed by atoms with Crippen LogP contribution in [0.3, 0.4) is 0 Å². The highest BCUT2D eigenvalue weighted by Crippen LogP contribution is 2.30. The van der Waals surface area contributed by atoms with Crippen molar-refractivity contribution in [3.63, 3.8) is 0 Å². The van der Waals surface area contributed by atoms with Gasteiger partial charge in [-0.2, -0.15) is 4.98 Å². The molecular formula is C15H20ClN3OS. The Hall–Kier alpha value is -1.30. The molecule has 0 atom stereocenters. The van der Waals surface area contributed by atoms with Crippen LogP contribution in [0.15, 0.2) is 24.3 Å². The third-order valence-corrected chi connectivity index (χ3v) is 4.47. The Balaban J connectivity index is 1.84. The molecule has 2 aromatic rings. The van der Waals surface area contributed by atoms with Crippen molar-refractivity contribution >= 4 is 28.1 Å². The van der Waals surface area contributed by atoms with Crippen LogP contribution in [0.4, 0.5) is 5.13 Å². The first-order valence-corrected chi connectivity index (χ1v) is 7.95. The normalized spacial score (nSPS) is 10.7. The second-order valence-electron chi connectivity index (χ2n) is 4.88. The largest absolute Gasteiger partial charge is 0.480 e. The van der Waals surface area contributed by atoms with Gasteiger partial charge < -0.3 is 15.0 Å². The first kappa shape index (κ1) is 16.1. The number of nitrogens with zero attached hydrogens (tertiary/aromatic N) is 2. The van der Waals surface area contributed by atoms with Gasteiger partial charge in [0.1, 0.15) is 0 Å². The zero-order valence-corrected chi connectivity index (χ0v) is 14.1. The van der Waals surface area contributed by atoms with E-state index in [1.54, 1.807) is 18.4 Å². The summed E-state index contributed by atoms with van der Waals surface area (Å²) in [6, 6.07) is 7.96. The molecule has 4 nitrogen and oxygen atoms in total. The number of anilines is 1. The predicted molar refractivity (Wildman–Crippen MR) is 89.9 cm³/mol. The van der Waals surface area contributed by atoms with E-state index in [1.807, 2.05) is 31.1 Å². The van der Waals surface area contributed by atoms with E-state index in [1.165, 1.54) is 5.56 Å². The van der Waals surface area contributed by atoms with Gasteiger partial charge in [-0.05, 0) is 30.7 Å². The lowest BCUT2D eigenvalue weighted by molar-refractivity contribution is 0.395. The Bertz CT molecular complexity index is 569. The average molecular weight is 326 g/mol. The SMILES string of the molecule is COc1nc(N(C)C)sc1CNCCc1ccc(Cl)cc1. The van der Waals surface area contributed by atoms with Gasteiger partial charge in [0.2, 0.25) is 5.88 Å². The van der Waals surface area contributed by atoms with E-state index in [0.29, 0.717) is 5.88 Å². The van der Waals surface area contributed by atoms with Crippen molar-refractivity contribution in [1.29, 1.82) is 0 Å². The van der Waals surface area contributed by atoms with E-state index in [-0.39, 0.29) is 0 Å². The molecule has 0 bridgehead atoms. The number of rotatable bonds is 7. The molecule has 1 aromatic carbocycles. The van der Waals surface area contributed by atoms with E-state index in [0.717, 1.165) is 34.5 Å². The summed E-state index contributed by atoms with van der Waals surface area (Å²) in [4.78, 5) is 7.56. The third kappa shape index (κ3) is 4.59. The first-order valence-electron chi connectivity index (χ1n) is 6.76. The summed E-state index contributed by atoms with van der Waals surface area (Å²) >= 11 is 7.53. The molecule has 0 radical (unpaired) electrons. The fourth-order valence-electron chi connectivity index (χ4n) is 1.87. The minimum absolute atomic E-state index is 0.711. The molecule has 1 N–H and O–H groups in total. The highest BCUT2D eigenvalue weighted by molar-refractivity contribution is 7.15. The Morgan fingerprint density at radius 2 is 2.00 bits per heavy atom. The maximum Gasteiger partial charge on any atom is 0.230 e. The highest BCUT2D eigenvalue weighted by Gasteiger charge is 2.12. The van der Waals surface area contributed by atoms with E-state index in [4.69, 9.17) is 16.3 Å². The van der Waals surface area contributed by atoms with Gasteiger partial charge in [0, 0.05) is 25.7 Å². The molecule has 0 spiro atoms. The number of nitrogens with one attached hydrogen (secondary N) is 1. The topological polar surface area (TPSA) is 37.4 Å². The maximum absolute atomic E-state index is 5.88. The van der Waals surface area contributed by atoms with Crippen molar-refractivity contribution in [2.75, 3.05) is 32.6 Å². The summed E-state index contributed by atoms with van der Waals surface area (Å²) in [5, 5.41) is 5.17. The molecule has 1 heterocycles. The smallest absolute Gasteiger partial charge is 0.230 e. The molecule has 0 saturated carbocycles. The van der Waals surface area contributed by atoms with Gasteiger partial charge in [0.15, 0.2) is 5.13 Å². The number of hydrogen-bond acceptors (Lipinski definition) is 5. The van der Waals surface area contributed by atoms with Crippen LogP contribution in [0.2, 0.25) is 5.02 Å². The van der Waals surface area contributed by atoms with Gasteiger partial charge in [-0.3, -0.25) is 0 Å². The molecule has 114 valence electrons. The molecule has 6 heteroatoms. The van der Waals surface area contributed by atoms with Crippen molar-refractivity contribution in [3.8, 4) is 5.88 Å². The number of hydrogen-bond donors (Lipinski definition) is 1. The van der Waals surface area contributed by atoms with Crippen LogP contribution in [-0.4, -0.2) is 32.7 Å². The fourth-order valence-corrected chi connectivity index (χ4v) is 2.92. The minimum Gasteiger partial charge on any atom is -0.480 e. The van der Waals surface area contributed by atoms with Gasteiger partial charge in [0.25, 0.3) is 0 Å². The van der Waals surface area contributed by atoms with Crippen LogP contribution in [0.5, 0.6) is 5.88 Å². The molecule has 0 aliphatic carbocycles. The monoisotopic (exact) mass is 325 g/mol. The van der Waals surface area contributed by atoms with E-state index < -0.39 is 0 Å². The second kappa shape index (κ2) is 7.64. The van der Waals surface area contributed by atoms with Crippen LogP contribution in [0.1, 0.15) is 10.4 Å². The van der Waals surface area contributed by atoms with Crippen molar-refractivity contribution < 1.29 is 4.74 Å². The molecule has 0 aliphatic heterocycles. The summed E-state index contributed by atoms with van der Waals surface area (Å²) in [7, 11) is 5.62.